The smallest absolute Gasteiger partial charge is 0.330 e. The summed E-state index contributed by atoms with van der Waals surface area (Å²) >= 11 is 0. The number of sulfonamides is 1. The number of nitrogens with one attached hydrogen (secondary N) is 1. The summed E-state index contributed by atoms with van der Waals surface area (Å²) in [5.74, 6) is -0.211. The second-order valence-corrected chi connectivity index (χ2v) is 7.98. The second-order valence-electron chi connectivity index (χ2n) is 6.25. The first-order chi connectivity index (χ1) is 13.2. The van der Waals surface area contributed by atoms with Crippen molar-refractivity contribution >= 4 is 22.1 Å². The molecule has 0 radical (unpaired) electrons. The van der Waals surface area contributed by atoms with Crippen LogP contribution in [0.25, 0.3) is 6.08 Å². The summed E-state index contributed by atoms with van der Waals surface area (Å²) in [6.45, 7) is 4.97. The molecular weight excluding hydrogens is 384 g/mol. The topological polar surface area (TPSA) is 94.2 Å². The van der Waals surface area contributed by atoms with Gasteiger partial charge in [-0.1, -0.05) is 6.92 Å². The van der Waals surface area contributed by atoms with Gasteiger partial charge < -0.3 is 19.1 Å². The third kappa shape index (κ3) is 6.50. The van der Waals surface area contributed by atoms with Crippen LogP contribution in [0.15, 0.2) is 23.1 Å². The van der Waals surface area contributed by atoms with Crippen LogP contribution in [0.2, 0.25) is 0 Å². The Morgan fingerprint density at radius 1 is 1.25 bits per heavy atom. The first kappa shape index (κ1) is 23.9. The van der Waals surface area contributed by atoms with Gasteiger partial charge >= 0.3 is 5.97 Å². The SMILES string of the molecule is CCC(C)N(C)CCNS(=O)(=O)c1cc(/C=C/C(=O)OC)cc(OC)c1OC. The molecule has 0 aliphatic heterocycles. The highest BCUT2D eigenvalue weighted by molar-refractivity contribution is 7.89. The molecule has 1 atom stereocenters. The van der Waals surface area contributed by atoms with Crippen molar-refractivity contribution < 1.29 is 27.4 Å². The Hall–Kier alpha value is -2.10. The molecule has 9 heteroatoms. The average molecular weight is 415 g/mol. The molecule has 0 bridgehead atoms. The zero-order chi connectivity index (χ0) is 21.3. The average Bonchev–Trinajstić information content (AvgIpc) is 2.69. The van der Waals surface area contributed by atoms with E-state index < -0.39 is 16.0 Å². The molecule has 1 unspecified atom stereocenters. The van der Waals surface area contributed by atoms with Crippen molar-refractivity contribution in [2.45, 2.75) is 31.2 Å². The minimum absolute atomic E-state index is 0.0648. The fraction of sp³-hybridized carbons (Fsp3) is 0.526. The molecule has 1 rings (SSSR count). The van der Waals surface area contributed by atoms with Crippen molar-refractivity contribution in [3.8, 4) is 11.5 Å². The molecule has 0 amide bonds. The Kier molecular flexibility index (Phi) is 9.44. The van der Waals surface area contributed by atoms with E-state index in [9.17, 15) is 13.2 Å². The molecule has 1 aromatic carbocycles. The Morgan fingerprint density at radius 3 is 2.46 bits per heavy atom. The zero-order valence-corrected chi connectivity index (χ0v) is 18.1. The predicted octanol–water partition coefficient (Wildman–Crippen LogP) is 1.90. The third-order valence-electron chi connectivity index (χ3n) is 4.47. The van der Waals surface area contributed by atoms with Crippen molar-refractivity contribution in [1.82, 2.24) is 9.62 Å². The normalized spacial score (nSPS) is 13.0. The lowest BCUT2D eigenvalue weighted by Gasteiger charge is -2.23. The molecule has 0 saturated heterocycles. The van der Waals surface area contributed by atoms with Gasteiger partial charge in [0, 0.05) is 25.2 Å². The summed E-state index contributed by atoms with van der Waals surface area (Å²) in [6, 6.07) is 3.35. The number of hydrogen-bond acceptors (Lipinski definition) is 7. The lowest BCUT2D eigenvalue weighted by molar-refractivity contribution is -0.134. The minimum Gasteiger partial charge on any atom is -0.493 e. The van der Waals surface area contributed by atoms with Crippen molar-refractivity contribution in [3.05, 3.63) is 23.8 Å². The molecule has 0 fully saturated rings. The number of methoxy groups -OCH3 is 3. The van der Waals surface area contributed by atoms with Crippen LogP contribution >= 0.6 is 0 Å². The highest BCUT2D eigenvalue weighted by Crippen LogP contribution is 2.36. The van der Waals surface area contributed by atoms with E-state index in [1.807, 2.05) is 7.05 Å². The zero-order valence-electron chi connectivity index (χ0n) is 17.3. The highest BCUT2D eigenvalue weighted by Gasteiger charge is 2.23. The molecule has 0 spiro atoms. The third-order valence-corrected chi connectivity index (χ3v) is 5.94. The fourth-order valence-corrected chi connectivity index (χ4v) is 3.68. The van der Waals surface area contributed by atoms with E-state index in [0.29, 0.717) is 18.2 Å². The van der Waals surface area contributed by atoms with Gasteiger partial charge in [0.2, 0.25) is 10.0 Å². The van der Waals surface area contributed by atoms with Crippen LogP contribution in [-0.2, 0) is 19.6 Å². The van der Waals surface area contributed by atoms with Gasteiger partial charge in [-0.25, -0.2) is 17.9 Å². The summed E-state index contributed by atoms with van der Waals surface area (Å²) in [5, 5.41) is 0. The number of carbonyl (C=O) groups is 1. The number of nitrogens with zero attached hydrogens (tertiary/aromatic N) is 1. The molecule has 0 aliphatic rings. The van der Waals surface area contributed by atoms with E-state index in [0.717, 1.165) is 6.42 Å². The maximum atomic E-state index is 12.9. The Balaban J connectivity index is 3.17. The molecule has 8 nitrogen and oxygen atoms in total. The number of ether oxygens (including phenoxy) is 3. The van der Waals surface area contributed by atoms with Crippen LogP contribution < -0.4 is 14.2 Å². The lowest BCUT2D eigenvalue weighted by Crippen LogP contribution is -2.37. The predicted molar refractivity (Wildman–Crippen MR) is 108 cm³/mol. The molecule has 0 aliphatic carbocycles. The largest absolute Gasteiger partial charge is 0.493 e. The van der Waals surface area contributed by atoms with Gasteiger partial charge in [-0.05, 0) is 44.2 Å². The molecule has 0 heterocycles. The van der Waals surface area contributed by atoms with Crippen LogP contribution in [0, 0.1) is 0 Å². The molecule has 28 heavy (non-hydrogen) atoms. The van der Waals surface area contributed by atoms with Gasteiger partial charge in [-0.2, -0.15) is 0 Å². The molecule has 1 aromatic rings. The van der Waals surface area contributed by atoms with E-state index in [1.54, 1.807) is 6.07 Å². The van der Waals surface area contributed by atoms with Crippen molar-refractivity contribution in [2.24, 2.45) is 0 Å². The molecule has 0 saturated carbocycles. The van der Waals surface area contributed by atoms with Gasteiger partial charge in [0.25, 0.3) is 0 Å². The summed E-state index contributed by atoms with van der Waals surface area (Å²) in [7, 11) is 2.13. The van der Waals surface area contributed by atoms with E-state index >= 15 is 0 Å². The van der Waals surface area contributed by atoms with Crippen molar-refractivity contribution in [1.29, 1.82) is 0 Å². The summed E-state index contributed by atoms with van der Waals surface area (Å²) in [4.78, 5) is 13.3. The molecule has 1 N–H and O–H groups in total. The number of esters is 1. The van der Waals surface area contributed by atoms with Gasteiger partial charge in [-0.3, -0.25) is 0 Å². The van der Waals surface area contributed by atoms with Crippen LogP contribution in [0.4, 0.5) is 0 Å². The monoisotopic (exact) mass is 414 g/mol. The first-order valence-corrected chi connectivity index (χ1v) is 10.4. The first-order valence-electron chi connectivity index (χ1n) is 8.92. The van der Waals surface area contributed by atoms with Crippen LogP contribution in [0.5, 0.6) is 11.5 Å². The Labute approximate surface area is 167 Å². The summed E-state index contributed by atoms with van der Waals surface area (Å²) in [5.41, 5.74) is 0.458. The lowest BCUT2D eigenvalue weighted by atomic mass is 10.2. The Morgan fingerprint density at radius 2 is 1.93 bits per heavy atom. The number of likely N-dealkylation sites (N-methyl/N-ethyl adjacent to an activating group) is 1. The van der Waals surface area contributed by atoms with Crippen LogP contribution in [0.1, 0.15) is 25.8 Å². The van der Waals surface area contributed by atoms with Crippen molar-refractivity contribution in [3.63, 3.8) is 0 Å². The standard InChI is InChI=1S/C19H30N2O6S/c1-7-14(2)21(3)11-10-20-28(23,24)17-13-15(8-9-18(22)26-5)12-16(25-4)19(17)27-6/h8-9,12-14,20H,7,10-11H2,1-6H3/b9-8+. The van der Waals surface area contributed by atoms with Gasteiger partial charge in [0.05, 0.1) is 21.3 Å². The van der Waals surface area contributed by atoms with E-state index in [-0.39, 0.29) is 22.9 Å². The summed E-state index contributed by atoms with van der Waals surface area (Å²) in [6.07, 6.45) is 3.62. The maximum Gasteiger partial charge on any atom is 0.330 e. The van der Waals surface area contributed by atoms with Crippen LogP contribution in [0.3, 0.4) is 0 Å². The van der Waals surface area contributed by atoms with Crippen molar-refractivity contribution in [2.75, 3.05) is 41.5 Å². The van der Waals surface area contributed by atoms with E-state index in [2.05, 4.69) is 28.2 Å². The van der Waals surface area contributed by atoms with Gasteiger partial charge in [0.1, 0.15) is 4.90 Å². The number of carbonyl (C=O) groups excluding carboxylic acids is 1. The maximum absolute atomic E-state index is 12.9. The van der Waals surface area contributed by atoms with E-state index in [1.165, 1.54) is 39.5 Å². The Bertz CT molecular complexity index is 792. The molecule has 0 aromatic heterocycles. The molecular formula is C19H30N2O6S. The molecule has 158 valence electrons. The highest BCUT2D eigenvalue weighted by atomic mass is 32.2. The van der Waals surface area contributed by atoms with Gasteiger partial charge in [0.15, 0.2) is 11.5 Å². The quantitative estimate of drug-likeness (QED) is 0.436. The minimum atomic E-state index is -3.86. The van der Waals surface area contributed by atoms with Gasteiger partial charge in [-0.15, -0.1) is 0 Å². The second kappa shape index (κ2) is 11.0. The summed E-state index contributed by atoms with van der Waals surface area (Å²) < 4.78 is 43.4. The fourth-order valence-electron chi connectivity index (χ4n) is 2.44. The number of rotatable bonds is 11. The number of benzene rings is 1. The van der Waals surface area contributed by atoms with Crippen LogP contribution in [-0.4, -0.2) is 66.8 Å². The number of hydrogen-bond donors (Lipinski definition) is 1. The van der Waals surface area contributed by atoms with E-state index in [4.69, 9.17) is 9.47 Å².